The zero-order valence-electron chi connectivity index (χ0n) is 10.8. The lowest BCUT2D eigenvalue weighted by Crippen LogP contribution is -2.11. The van der Waals surface area contributed by atoms with Gasteiger partial charge in [0, 0.05) is 10.8 Å². The molecule has 19 heavy (non-hydrogen) atoms. The van der Waals surface area contributed by atoms with E-state index in [-0.39, 0.29) is 0 Å². The van der Waals surface area contributed by atoms with E-state index in [2.05, 4.69) is 49.3 Å². The Balaban J connectivity index is 2.34. The summed E-state index contributed by atoms with van der Waals surface area (Å²) < 4.78 is 6.00. The third kappa shape index (κ3) is 1.43. The third-order valence-corrected chi connectivity index (χ3v) is 3.85. The largest absolute Gasteiger partial charge is 0.456 e. The standard InChI is InChI=1S/C17H13BO/c1-18-14-10-16-17(12-7-3-2-6-11(12)14)13-8-4-5-9-15(13)19-16/h2-10,18H,1H3. The lowest BCUT2D eigenvalue weighted by atomic mass is 9.71. The Kier molecular flexibility index (Phi) is 2.19. The number of fused-ring (bicyclic) bond motifs is 5. The van der Waals surface area contributed by atoms with Gasteiger partial charge < -0.3 is 4.42 Å². The first kappa shape index (κ1) is 10.7. The third-order valence-electron chi connectivity index (χ3n) is 3.85. The van der Waals surface area contributed by atoms with Crippen molar-refractivity contribution >= 4 is 45.5 Å². The van der Waals surface area contributed by atoms with Gasteiger partial charge in [0.1, 0.15) is 11.2 Å². The van der Waals surface area contributed by atoms with Crippen molar-refractivity contribution in [1.82, 2.24) is 0 Å². The van der Waals surface area contributed by atoms with E-state index < -0.39 is 0 Å². The molecule has 0 aliphatic carbocycles. The fourth-order valence-corrected chi connectivity index (χ4v) is 2.95. The van der Waals surface area contributed by atoms with Crippen LogP contribution in [0.5, 0.6) is 0 Å². The van der Waals surface area contributed by atoms with Crippen molar-refractivity contribution in [2.45, 2.75) is 6.82 Å². The molecule has 0 saturated heterocycles. The van der Waals surface area contributed by atoms with Crippen molar-refractivity contribution in [1.29, 1.82) is 0 Å². The molecular weight excluding hydrogens is 231 g/mol. The Bertz CT molecular complexity index is 905. The minimum Gasteiger partial charge on any atom is -0.456 e. The first-order valence-electron chi connectivity index (χ1n) is 6.70. The number of hydrogen-bond acceptors (Lipinski definition) is 1. The lowest BCUT2D eigenvalue weighted by Gasteiger charge is -2.05. The smallest absolute Gasteiger partial charge is 0.155 e. The van der Waals surface area contributed by atoms with Crippen molar-refractivity contribution < 1.29 is 4.42 Å². The van der Waals surface area contributed by atoms with Crippen molar-refractivity contribution in [2.75, 3.05) is 0 Å². The molecule has 0 saturated carbocycles. The van der Waals surface area contributed by atoms with Gasteiger partial charge >= 0.3 is 0 Å². The number of rotatable bonds is 1. The van der Waals surface area contributed by atoms with Crippen LogP contribution >= 0.6 is 0 Å². The number of para-hydroxylation sites is 1. The van der Waals surface area contributed by atoms with Crippen LogP contribution in [0.4, 0.5) is 0 Å². The molecule has 90 valence electrons. The van der Waals surface area contributed by atoms with Gasteiger partial charge in [-0.05, 0) is 22.9 Å². The van der Waals surface area contributed by atoms with E-state index in [1.165, 1.54) is 27.0 Å². The van der Waals surface area contributed by atoms with Crippen LogP contribution in [0, 0.1) is 0 Å². The molecule has 0 atom stereocenters. The molecule has 4 rings (SSSR count). The first-order chi connectivity index (χ1) is 9.38. The maximum absolute atomic E-state index is 6.00. The van der Waals surface area contributed by atoms with Crippen LogP contribution in [0.1, 0.15) is 0 Å². The van der Waals surface area contributed by atoms with Crippen LogP contribution in [0.25, 0.3) is 32.7 Å². The number of furan rings is 1. The Morgan fingerprint density at radius 1 is 0.789 bits per heavy atom. The summed E-state index contributed by atoms with van der Waals surface area (Å²) in [5, 5.41) is 5.07. The Morgan fingerprint density at radius 2 is 1.47 bits per heavy atom. The normalized spacial score (nSPS) is 11.4. The minimum atomic E-state index is 0.968. The van der Waals surface area contributed by atoms with Gasteiger partial charge in [-0.15, -0.1) is 0 Å². The van der Waals surface area contributed by atoms with Crippen LogP contribution in [-0.2, 0) is 0 Å². The van der Waals surface area contributed by atoms with E-state index in [4.69, 9.17) is 4.42 Å². The molecule has 0 fully saturated rings. The highest BCUT2D eigenvalue weighted by molar-refractivity contribution is 6.57. The van der Waals surface area contributed by atoms with Gasteiger partial charge in [-0.3, -0.25) is 0 Å². The molecule has 0 aliphatic rings. The summed E-state index contributed by atoms with van der Waals surface area (Å²) in [6.07, 6.45) is 0. The Labute approximate surface area is 112 Å². The molecule has 1 nitrogen and oxygen atoms in total. The van der Waals surface area contributed by atoms with Crippen molar-refractivity contribution in [3.63, 3.8) is 0 Å². The SMILES string of the molecule is CBc1cc2oc3ccccc3c2c2ccccc12. The fourth-order valence-electron chi connectivity index (χ4n) is 2.95. The predicted molar refractivity (Wildman–Crippen MR) is 83.9 cm³/mol. The van der Waals surface area contributed by atoms with Crippen molar-refractivity contribution in [3.8, 4) is 0 Å². The van der Waals surface area contributed by atoms with Gasteiger partial charge in [0.15, 0.2) is 7.28 Å². The van der Waals surface area contributed by atoms with Crippen LogP contribution in [0.15, 0.2) is 59.0 Å². The van der Waals surface area contributed by atoms with Gasteiger partial charge in [-0.1, -0.05) is 54.8 Å². The number of benzene rings is 3. The summed E-state index contributed by atoms with van der Waals surface area (Å²) in [4.78, 5) is 0. The second-order valence-electron chi connectivity index (χ2n) is 4.91. The molecule has 0 amide bonds. The van der Waals surface area contributed by atoms with E-state index in [9.17, 15) is 0 Å². The monoisotopic (exact) mass is 244 g/mol. The molecule has 3 aromatic carbocycles. The van der Waals surface area contributed by atoms with Gasteiger partial charge in [-0.2, -0.15) is 0 Å². The molecule has 0 N–H and O–H groups in total. The fraction of sp³-hybridized carbons (Fsp3) is 0.0588. The summed E-state index contributed by atoms with van der Waals surface area (Å²) in [6.45, 7) is 2.19. The maximum Gasteiger partial charge on any atom is 0.155 e. The molecule has 2 heteroatoms. The van der Waals surface area contributed by atoms with E-state index in [0.717, 1.165) is 18.4 Å². The first-order valence-corrected chi connectivity index (χ1v) is 6.70. The highest BCUT2D eigenvalue weighted by Crippen LogP contribution is 2.33. The van der Waals surface area contributed by atoms with E-state index in [1.54, 1.807) is 0 Å². The second-order valence-corrected chi connectivity index (χ2v) is 4.91. The van der Waals surface area contributed by atoms with Gasteiger partial charge in [0.2, 0.25) is 0 Å². The molecule has 0 bridgehead atoms. The minimum absolute atomic E-state index is 0.968. The van der Waals surface area contributed by atoms with Crippen LogP contribution in [0.3, 0.4) is 0 Å². The van der Waals surface area contributed by atoms with Gasteiger partial charge in [0.25, 0.3) is 0 Å². The molecule has 0 aliphatic heterocycles. The molecule has 1 heterocycles. The average Bonchev–Trinajstić information content (AvgIpc) is 2.84. The van der Waals surface area contributed by atoms with Crippen molar-refractivity contribution in [2.24, 2.45) is 0 Å². The molecular formula is C17H13BO. The van der Waals surface area contributed by atoms with Crippen LogP contribution in [-0.4, -0.2) is 7.28 Å². The maximum atomic E-state index is 6.00. The van der Waals surface area contributed by atoms with Gasteiger partial charge in [0.05, 0.1) is 0 Å². The van der Waals surface area contributed by atoms with Crippen molar-refractivity contribution in [3.05, 3.63) is 54.6 Å². The summed E-state index contributed by atoms with van der Waals surface area (Å²) >= 11 is 0. The van der Waals surface area contributed by atoms with E-state index in [1.807, 2.05) is 12.1 Å². The highest BCUT2D eigenvalue weighted by atomic mass is 16.3. The summed E-state index contributed by atoms with van der Waals surface area (Å²) in [5.74, 6) is 0. The molecule has 0 spiro atoms. The summed E-state index contributed by atoms with van der Waals surface area (Å²) in [7, 11) is 1.02. The second kappa shape index (κ2) is 3.89. The summed E-state index contributed by atoms with van der Waals surface area (Å²) in [6, 6.07) is 19.1. The van der Waals surface area contributed by atoms with Crippen LogP contribution < -0.4 is 5.46 Å². The molecule has 0 radical (unpaired) electrons. The number of hydrogen-bond donors (Lipinski definition) is 0. The lowest BCUT2D eigenvalue weighted by molar-refractivity contribution is 0.669. The Hall–Kier alpha value is -2.22. The molecule has 4 aromatic rings. The van der Waals surface area contributed by atoms with Crippen LogP contribution in [0.2, 0.25) is 6.82 Å². The quantitative estimate of drug-likeness (QED) is 0.463. The average molecular weight is 244 g/mol. The Morgan fingerprint density at radius 3 is 2.26 bits per heavy atom. The predicted octanol–water partition coefficient (Wildman–Crippen LogP) is 3.85. The van der Waals surface area contributed by atoms with E-state index >= 15 is 0 Å². The highest BCUT2D eigenvalue weighted by Gasteiger charge is 2.12. The molecule has 0 unspecified atom stereocenters. The topological polar surface area (TPSA) is 13.1 Å². The van der Waals surface area contributed by atoms with Gasteiger partial charge in [-0.25, -0.2) is 0 Å². The zero-order chi connectivity index (χ0) is 12.8. The zero-order valence-corrected chi connectivity index (χ0v) is 10.8. The van der Waals surface area contributed by atoms with E-state index in [0.29, 0.717) is 0 Å². The molecule has 1 aromatic heterocycles. The summed E-state index contributed by atoms with van der Waals surface area (Å²) in [5.41, 5.74) is 3.31.